The highest BCUT2D eigenvalue weighted by Gasteiger charge is 2.11. The minimum absolute atomic E-state index is 0.0474. The lowest BCUT2D eigenvalue weighted by Crippen LogP contribution is -2.10. The molecule has 0 bridgehead atoms. The molecule has 102 valence electrons. The van der Waals surface area contributed by atoms with Gasteiger partial charge in [-0.15, -0.1) is 11.3 Å². The molecule has 0 saturated carbocycles. The van der Waals surface area contributed by atoms with E-state index in [1.807, 2.05) is 13.0 Å². The van der Waals surface area contributed by atoms with Crippen LogP contribution in [0.1, 0.15) is 26.5 Å². The molecule has 0 aliphatic rings. The van der Waals surface area contributed by atoms with Crippen molar-refractivity contribution in [3.8, 4) is 11.8 Å². The maximum absolute atomic E-state index is 12.1. The first-order valence-corrected chi connectivity index (χ1v) is 6.94. The third-order valence-corrected chi connectivity index (χ3v) is 3.65. The lowest BCUT2D eigenvalue weighted by Gasteiger charge is -2.01. The Bertz CT molecular complexity index is 654. The standard InChI is InChI=1S/C15H14N2O2S/c1-11-9-14(20-13(11)6-2-3-8-18)15(19)17-12-5-4-7-16-10-12/h4-5,7,9-10,18H,3,8H2,1H3,(H,17,19). The number of nitrogens with zero attached hydrogens (tertiary/aromatic N) is 1. The zero-order valence-electron chi connectivity index (χ0n) is 11.0. The van der Waals surface area contributed by atoms with Crippen LogP contribution in [0.5, 0.6) is 0 Å². The van der Waals surface area contributed by atoms with Crippen LogP contribution in [0.2, 0.25) is 0 Å². The maximum Gasteiger partial charge on any atom is 0.265 e. The summed E-state index contributed by atoms with van der Waals surface area (Å²) < 4.78 is 0. The molecule has 0 aliphatic carbocycles. The van der Waals surface area contributed by atoms with E-state index >= 15 is 0 Å². The fraction of sp³-hybridized carbons (Fsp3) is 0.200. The number of amides is 1. The number of hydrogen-bond acceptors (Lipinski definition) is 4. The molecule has 0 fully saturated rings. The van der Waals surface area contributed by atoms with Crippen molar-refractivity contribution in [1.82, 2.24) is 4.98 Å². The summed E-state index contributed by atoms with van der Waals surface area (Å²) >= 11 is 1.35. The number of rotatable bonds is 3. The van der Waals surface area contributed by atoms with Gasteiger partial charge in [-0.3, -0.25) is 9.78 Å². The van der Waals surface area contributed by atoms with Gasteiger partial charge in [0.25, 0.3) is 5.91 Å². The van der Waals surface area contributed by atoms with Crippen LogP contribution in [0.15, 0.2) is 30.6 Å². The van der Waals surface area contributed by atoms with E-state index in [0.29, 0.717) is 17.0 Å². The van der Waals surface area contributed by atoms with Crippen LogP contribution in [-0.2, 0) is 0 Å². The molecule has 2 rings (SSSR count). The van der Waals surface area contributed by atoms with Gasteiger partial charge in [-0.25, -0.2) is 0 Å². The van der Waals surface area contributed by atoms with Crippen LogP contribution >= 0.6 is 11.3 Å². The summed E-state index contributed by atoms with van der Waals surface area (Å²) in [5.74, 6) is 5.67. The predicted octanol–water partition coefficient (Wildman–Crippen LogP) is 2.44. The average molecular weight is 286 g/mol. The fourth-order valence-electron chi connectivity index (χ4n) is 1.55. The molecule has 5 heteroatoms. The van der Waals surface area contributed by atoms with E-state index in [0.717, 1.165) is 10.4 Å². The highest BCUT2D eigenvalue weighted by Crippen LogP contribution is 2.22. The summed E-state index contributed by atoms with van der Waals surface area (Å²) in [6.45, 7) is 1.96. The Balaban J connectivity index is 2.12. The molecule has 20 heavy (non-hydrogen) atoms. The number of aliphatic hydroxyl groups excluding tert-OH is 1. The summed E-state index contributed by atoms with van der Waals surface area (Å²) in [5.41, 5.74) is 1.63. The molecule has 2 N–H and O–H groups in total. The first kappa shape index (κ1) is 14.3. The van der Waals surface area contributed by atoms with Crippen LogP contribution in [0, 0.1) is 18.8 Å². The van der Waals surface area contributed by atoms with Gasteiger partial charge in [0.15, 0.2) is 0 Å². The molecular weight excluding hydrogens is 272 g/mol. The van der Waals surface area contributed by atoms with Crippen LogP contribution in [-0.4, -0.2) is 22.6 Å². The largest absolute Gasteiger partial charge is 0.395 e. The van der Waals surface area contributed by atoms with Crippen molar-refractivity contribution in [1.29, 1.82) is 0 Å². The van der Waals surface area contributed by atoms with Gasteiger partial charge in [0.05, 0.1) is 28.2 Å². The SMILES string of the molecule is Cc1cc(C(=O)Nc2cccnc2)sc1C#CCCO. The maximum atomic E-state index is 12.1. The van der Waals surface area contributed by atoms with Crippen LogP contribution in [0.25, 0.3) is 0 Å². The van der Waals surface area contributed by atoms with Crippen molar-refractivity contribution in [2.75, 3.05) is 11.9 Å². The average Bonchev–Trinajstić information content (AvgIpc) is 2.82. The number of aryl methyl sites for hydroxylation is 1. The number of carbonyl (C=O) groups excluding carboxylic acids is 1. The van der Waals surface area contributed by atoms with E-state index in [1.165, 1.54) is 11.3 Å². The molecular formula is C15H14N2O2S. The highest BCUT2D eigenvalue weighted by atomic mass is 32.1. The molecule has 2 aromatic rings. The molecule has 1 amide bonds. The molecule has 0 aliphatic heterocycles. The molecule has 2 aromatic heterocycles. The molecule has 0 spiro atoms. The Hall–Kier alpha value is -2.16. The van der Waals surface area contributed by atoms with Crippen molar-refractivity contribution in [3.05, 3.63) is 45.9 Å². The van der Waals surface area contributed by atoms with Gasteiger partial charge in [-0.1, -0.05) is 11.8 Å². The monoisotopic (exact) mass is 286 g/mol. The second kappa shape index (κ2) is 6.85. The van der Waals surface area contributed by atoms with Crippen LogP contribution in [0.3, 0.4) is 0 Å². The summed E-state index contributed by atoms with van der Waals surface area (Å²) in [6.07, 6.45) is 3.69. The Kier molecular flexibility index (Phi) is 4.88. The van der Waals surface area contributed by atoms with Crippen LogP contribution in [0.4, 0.5) is 5.69 Å². The molecule has 0 unspecified atom stereocenters. The van der Waals surface area contributed by atoms with Crippen LogP contribution < -0.4 is 5.32 Å². The zero-order chi connectivity index (χ0) is 14.4. The first-order valence-electron chi connectivity index (χ1n) is 6.12. The number of hydrogen-bond donors (Lipinski definition) is 2. The first-order chi connectivity index (χ1) is 9.70. The highest BCUT2D eigenvalue weighted by molar-refractivity contribution is 7.14. The number of pyridine rings is 1. The number of nitrogens with one attached hydrogen (secondary N) is 1. The summed E-state index contributed by atoms with van der Waals surface area (Å²) in [7, 11) is 0. The fourth-order valence-corrected chi connectivity index (χ4v) is 2.49. The minimum atomic E-state index is -0.165. The lowest BCUT2D eigenvalue weighted by molar-refractivity contribution is 0.103. The van der Waals surface area contributed by atoms with E-state index in [9.17, 15) is 4.79 Å². The Morgan fingerprint density at radius 3 is 3.10 bits per heavy atom. The van der Waals surface area contributed by atoms with Crippen molar-refractivity contribution in [3.63, 3.8) is 0 Å². The van der Waals surface area contributed by atoms with E-state index in [1.54, 1.807) is 24.5 Å². The topological polar surface area (TPSA) is 62.2 Å². The third-order valence-electron chi connectivity index (χ3n) is 2.50. The third kappa shape index (κ3) is 3.67. The molecule has 4 nitrogen and oxygen atoms in total. The molecule has 0 saturated heterocycles. The molecule has 0 atom stereocenters. The predicted molar refractivity (Wildman–Crippen MR) is 79.8 cm³/mol. The molecule has 2 heterocycles. The summed E-state index contributed by atoms with van der Waals surface area (Å²) in [6, 6.07) is 5.37. The van der Waals surface area contributed by atoms with Crippen molar-refractivity contribution >= 4 is 22.9 Å². The quantitative estimate of drug-likeness (QED) is 0.852. The number of thiophene rings is 1. The van der Waals surface area contributed by atoms with E-state index < -0.39 is 0 Å². The van der Waals surface area contributed by atoms with E-state index in [2.05, 4.69) is 22.1 Å². The smallest absolute Gasteiger partial charge is 0.265 e. The number of aliphatic hydroxyl groups is 1. The summed E-state index contributed by atoms with van der Waals surface area (Å²) in [5, 5.41) is 11.5. The number of aromatic nitrogens is 1. The second-order valence-corrected chi connectivity index (χ2v) is 5.15. The Labute approximate surface area is 121 Å². The number of carbonyl (C=O) groups is 1. The molecule has 0 radical (unpaired) electrons. The van der Waals surface area contributed by atoms with E-state index in [-0.39, 0.29) is 12.5 Å². The normalized spacial score (nSPS) is 9.70. The van der Waals surface area contributed by atoms with Gasteiger partial charge in [0.2, 0.25) is 0 Å². The molecule has 0 aromatic carbocycles. The van der Waals surface area contributed by atoms with Gasteiger partial charge in [-0.2, -0.15) is 0 Å². The van der Waals surface area contributed by atoms with Crippen molar-refractivity contribution < 1.29 is 9.90 Å². The Morgan fingerprint density at radius 1 is 1.55 bits per heavy atom. The van der Waals surface area contributed by atoms with E-state index in [4.69, 9.17) is 5.11 Å². The minimum Gasteiger partial charge on any atom is -0.395 e. The van der Waals surface area contributed by atoms with Gasteiger partial charge < -0.3 is 10.4 Å². The van der Waals surface area contributed by atoms with Crippen molar-refractivity contribution in [2.45, 2.75) is 13.3 Å². The van der Waals surface area contributed by atoms with Gasteiger partial charge in [0, 0.05) is 12.6 Å². The zero-order valence-corrected chi connectivity index (χ0v) is 11.8. The van der Waals surface area contributed by atoms with Gasteiger partial charge in [0.1, 0.15) is 0 Å². The summed E-state index contributed by atoms with van der Waals surface area (Å²) in [4.78, 5) is 17.5. The van der Waals surface area contributed by atoms with Gasteiger partial charge in [-0.05, 0) is 30.7 Å². The lowest BCUT2D eigenvalue weighted by atomic mass is 10.2. The van der Waals surface area contributed by atoms with Gasteiger partial charge >= 0.3 is 0 Å². The van der Waals surface area contributed by atoms with Crippen molar-refractivity contribution in [2.24, 2.45) is 0 Å². The second-order valence-electron chi connectivity index (χ2n) is 4.09. The Morgan fingerprint density at radius 2 is 2.40 bits per heavy atom. The number of anilines is 1.